The highest BCUT2D eigenvalue weighted by atomic mass is 35.5. The van der Waals surface area contributed by atoms with Crippen LogP contribution in [0, 0.1) is 0 Å². The summed E-state index contributed by atoms with van der Waals surface area (Å²) in [6.45, 7) is 0.704. The molecule has 0 saturated carbocycles. The van der Waals surface area contributed by atoms with Crippen LogP contribution in [0.1, 0.15) is 23.1 Å². The number of ether oxygens (including phenoxy) is 1. The Bertz CT molecular complexity index is 1170. The van der Waals surface area contributed by atoms with E-state index in [-0.39, 0.29) is 6.10 Å². The van der Waals surface area contributed by atoms with Crippen molar-refractivity contribution in [1.82, 2.24) is 14.9 Å². The summed E-state index contributed by atoms with van der Waals surface area (Å²) in [5.41, 5.74) is 5.05. The van der Waals surface area contributed by atoms with Crippen molar-refractivity contribution >= 4 is 33.2 Å². The minimum absolute atomic E-state index is 0.203. The maximum absolute atomic E-state index is 6.47. The van der Waals surface area contributed by atoms with E-state index < -0.39 is 0 Å². The number of benzene rings is 1. The van der Waals surface area contributed by atoms with Crippen molar-refractivity contribution in [2.45, 2.75) is 19.1 Å². The van der Waals surface area contributed by atoms with Crippen LogP contribution >= 0.6 is 22.9 Å². The van der Waals surface area contributed by atoms with Gasteiger partial charge in [0.05, 0.1) is 10.2 Å². The molecule has 1 atom stereocenters. The number of oxazole rings is 1. The van der Waals surface area contributed by atoms with Gasteiger partial charge < -0.3 is 14.1 Å². The van der Waals surface area contributed by atoms with Crippen molar-refractivity contribution < 1.29 is 9.15 Å². The van der Waals surface area contributed by atoms with Crippen molar-refractivity contribution in [1.29, 1.82) is 0 Å². The highest BCUT2D eigenvalue weighted by Crippen LogP contribution is 2.47. The van der Waals surface area contributed by atoms with E-state index in [1.54, 1.807) is 11.3 Å². The number of halogens is 1. The molecule has 3 aromatic heterocycles. The monoisotopic (exact) mass is 411 g/mol. The maximum atomic E-state index is 6.47. The minimum atomic E-state index is -0.203. The molecule has 0 radical (unpaired) electrons. The zero-order valence-electron chi connectivity index (χ0n) is 15.5. The van der Waals surface area contributed by atoms with Crippen LogP contribution in [-0.4, -0.2) is 29.0 Å². The molecule has 0 saturated heterocycles. The molecule has 0 bridgehead atoms. The molecule has 0 N–H and O–H groups in total. The average Bonchev–Trinajstić information content (AvgIpc) is 3.38. The number of hydrogen-bond donors (Lipinski definition) is 0. The summed E-state index contributed by atoms with van der Waals surface area (Å²) in [6, 6.07) is 8.00. The molecule has 7 heteroatoms. The van der Waals surface area contributed by atoms with Gasteiger partial charge in [0.2, 0.25) is 0 Å². The van der Waals surface area contributed by atoms with Gasteiger partial charge in [-0.1, -0.05) is 11.6 Å². The SMILES string of the molecule is CN(C)Cc1ncoc1C1Cc2cc(Cl)cc(-c3ccnc4ccsc34)c2O1. The van der Waals surface area contributed by atoms with Gasteiger partial charge in [-0.25, -0.2) is 4.98 Å². The molecule has 5 nitrogen and oxygen atoms in total. The molecule has 0 aliphatic carbocycles. The van der Waals surface area contributed by atoms with Gasteiger partial charge in [-0.3, -0.25) is 4.98 Å². The quantitative estimate of drug-likeness (QED) is 0.453. The smallest absolute Gasteiger partial charge is 0.181 e. The fourth-order valence-electron chi connectivity index (χ4n) is 3.71. The predicted molar refractivity (Wildman–Crippen MR) is 111 cm³/mol. The Morgan fingerprint density at radius 3 is 2.96 bits per heavy atom. The molecule has 1 aliphatic rings. The van der Waals surface area contributed by atoms with E-state index >= 15 is 0 Å². The molecule has 142 valence electrons. The topological polar surface area (TPSA) is 51.4 Å². The van der Waals surface area contributed by atoms with Gasteiger partial charge in [0.15, 0.2) is 18.3 Å². The van der Waals surface area contributed by atoms with E-state index in [0.717, 1.165) is 44.1 Å². The molecule has 0 amide bonds. The van der Waals surface area contributed by atoms with Crippen molar-refractivity contribution in [3.05, 3.63) is 64.3 Å². The predicted octanol–water partition coefficient (Wildman–Crippen LogP) is 5.34. The van der Waals surface area contributed by atoms with Crippen LogP contribution in [-0.2, 0) is 13.0 Å². The maximum Gasteiger partial charge on any atom is 0.181 e. The Kier molecular flexibility index (Phi) is 4.34. The van der Waals surface area contributed by atoms with Crippen LogP contribution in [0.3, 0.4) is 0 Å². The first kappa shape index (κ1) is 17.7. The summed E-state index contributed by atoms with van der Waals surface area (Å²) in [4.78, 5) is 10.9. The van der Waals surface area contributed by atoms with Crippen LogP contribution in [0.15, 0.2) is 46.7 Å². The highest BCUT2D eigenvalue weighted by molar-refractivity contribution is 7.17. The van der Waals surface area contributed by atoms with Crippen molar-refractivity contribution in [2.75, 3.05) is 14.1 Å². The second-order valence-electron chi connectivity index (χ2n) is 7.15. The molecule has 5 rings (SSSR count). The highest BCUT2D eigenvalue weighted by Gasteiger charge is 2.32. The van der Waals surface area contributed by atoms with E-state index in [2.05, 4.69) is 20.2 Å². The number of rotatable bonds is 4. The molecule has 28 heavy (non-hydrogen) atoms. The van der Waals surface area contributed by atoms with E-state index in [0.29, 0.717) is 18.0 Å². The Labute approximate surface area is 171 Å². The Hall–Kier alpha value is -2.41. The van der Waals surface area contributed by atoms with E-state index in [1.807, 2.05) is 44.6 Å². The third-order valence-corrected chi connectivity index (χ3v) is 6.02. The zero-order valence-corrected chi connectivity index (χ0v) is 17.0. The third-order valence-electron chi connectivity index (χ3n) is 4.86. The Balaban J connectivity index is 1.58. The van der Waals surface area contributed by atoms with Gasteiger partial charge in [-0.05, 0) is 43.7 Å². The summed E-state index contributed by atoms with van der Waals surface area (Å²) in [6.07, 6.45) is 3.82. The van der Waals surface area contributed by atoms with Crippen LogP contribution in [0.2, 0.25) is 5.02 Å². The molecule has 0 spiro atoms. The standard InChI is InChI=1S/C21H18ClN3O2S/c1-25(2)10-17-20(26-11-24-17)18-8-12-7-13(22)9-15(19(12)27-18)14-3-5-23-16-4-6-28-21(14)16/h3-7,9,11,18H,8,10H2,1-2H3. The molecular formula is C21H18ClN3O2S. The number of pyridine rings is 1. The van der Waals surface area contributed by atoms with Crippen molar-refractivity contribution in [3.63, 3.8) is 0 Å². The molecule has 1 aromatic carbocycles. The lowest BCUT2D eigenvalue weighted by atomic mass is 10.0. The largest absolute Gasteiger partial charge is 0.481 e. The first-order chi connectivity index (χ1) is 13.6. The van der Waals surface area contributed by atoms with Gasteiger partial charge in [0.1, 0.15) is 11.4 Å². The zero-order chi connectivity index (χ0) is 19.3. The summed E-state index contributed by atoms with van der Waals surface area (Å²) in [5, 5.41) is 2.75. The van der Waals surface area contributed by atoms with Crippen LogP contribution in [0.25, 0.3) is 21.3 Å². The lowest BCUT2D eigenvalue weighted by Crippen LogP contribution is -2.14. The fourth-order valence-corrected chi connectivity index (χ4v) is 4.84. The van der Waals surface area contributed by atoms with Crippen molar-refractivity contribution in [2.24, 2.45) is 0 Å². The summed E-state index contributed by atoms with van der Waals surface area (Å²) < 4.78 is 13.3. The summed E-state index contributed by atoms with van der Waals surface area (Å²) in [7, 11) is 4.02. The molecule has 1 unspecified atom stereocenters. The number of aromatic nitrogens is 2. The lowest BCUT2D eigenvalue weighted by molar-refractivity contribution is 0.202. The number of thiophene rings is 1. The van der Waals surface area contributed by atoms with Crippen molar-refractivity contribution in [3.8, 4) is 16.9 Å². The molecule has 0 fully saturated rings. The second-order valence-corrected chi connectivity index (χ2v) is 8.50. The molecular weight excluding hydrogens is 394 g/mol. The molecule has 4 heterocycles. The molecule has 4 aromatic rings. The second kappa shape index (κ2) is 6.88. The van der Waals surface area contributed by atoms with Crippen LogP contribution in [0.4, 0.5) is 0 Å². The normalized spacial score (nSPS) is 15.9. The third kappa shape index (κ3) is 2.98. The van der Waals surface area contributed by atoms with Gasteiger partial charge in [-0.2, -0.15) is 0 Å². The number of fused-ring (bicyclic) bond motifs is 2. The average molecular weight is 412 g/mol. The minimum Gasteiger partial charge on any atom is -0.481 e. The van der Waals surface area contributed by atoms with E-state index in [4.69, 9.17) is 20.8 Å². The summed E-state index contributed by atoms with van der Waals surface area (Å²) in [5.74, 6) is 1.64. The Morgan fingerprint density at radius 1 is 1.21 bits per heavy atom. The van der Waals surface area contributed by atoms with Gasteiger partial charge in [0, 0.05) is 40.9 Å². The molecule has 1 aliphatic heterocycles. The van der Waals surface area contributed by atoms with E-state index in [9.17, 15) is 0 Å². The lowest BCUT2D eigenvalue weighted by Gasteiger charge is -2.14. The first-order valence-corrected chi connectivity index (χ1v) is 10.2. The summed E-state index contributed by atoms with van der Waals surface area (Å²) >= 11 is 8.14. The van der Waals surface area contributed by atoms with E-state index in [1.165, 1.54) is 6.39 Å². The van der Waals surface area contributed by atoms with Gasteiger partial charge in [0.25, 0.3) is 0 Å². The van der Waals surface area contributed by atoms with Gasteiger partial charge >= 0.3 is 0 Å². The first-order valence-electron chi connectivity index (χ1n) is 8.99. The number of hydrogen-bond acceptors (Lipinski definition) is 6. The fraction of sp³-hybridized carbons (Fsp3) is 0.238. The van der Waals surface area contributed by atoms with Crippen LogP contribution < -0.4 is 4.74 Å². The van der Waals surface area contributed by atoms with Crippen LogP contribution in [0.5, 0.6) is 5.75 Å². The van der Waals surface area contributed by atoms with Gasteiger partial charge in [-0.15, -0.1) is 11.3 Å². The Morgan fingerprint density at radius 2 is 2.11 bits per heavy atom. The number of nitrogens with zero attached hydrogens (tertiary/aromatic N) is 3.